The van der Waals surface area contributed by atoms with Crippen LogP contribution in [0, 0.1) is 5.82 Å². The summed E-state index contributed by atoms with van der Waals surface area (Å²) < 4.78 is 18.9. The lowest BCUT2D eigenvalue weighted by Crippen LogP contribution is -2.64. The summed E-state index contributed by atoms with van der Waals surface area (Å²) in [6.07, 6.45) is 0. The predicted octanol–water partition coefficient (Wildman–Crippen LogP) is 0.364. The van der Waals surface area contributed by atoms with Gasteiger partial charge in [0.05, 0.1) is 19.3 Å². The molecule has 2 unspecified atom stereocenters. The zero-order valence-electron chi connectivity index (χ0n) is 17.3. The van der Waals surface area contributed by atoms with E-state index in [1.807, 2.05) is 19.2 Å². The van der Waals surface area contributed by atoms with E-state index in [-0.39, 0.29) is 11.9 Å². The highest BCUT2D eigenvalue weighted by molar-refractivity contribution is 5.79. The fourth-order valence-electron chi connectivity index (χ4n) is 4.58. The molecular formula is C21H33FN6O. The second-order valence-electron chi connectivity index (χ2n) is 8.04. The maximum atomic E-state index is 13.4. The van der Waals surface area contributed by atoms with Gasteiger partial charge in [-0.2, -0.15) is 0 Å². The molecule has 2 bridgehead atoms. The number of ether oxygens (including phenoxy) is 1. The van der Waals surface area contributed by atoms with E-state index < -0.39 is 0 Å². The lowest BCUT2D eigenvalue weighted by atomic mass is 10.0. The number of rotatable bonds is 6. The molecule has 4 heterocycles. The van der Waals surface area contributed by atoms with Gasteiger partial charge in [-0.15, -0.1) is 0 Å². The van der Waals surface area contributed by atoms with Gasteiger partial charge < -0.3 is 15.4 Å². The Hall–Kier alpha value is -1.74. The maximum absolute atomic E-state index is 13.4. The third kappa shape index (κ3) is 5.25. The average molecular weight is 405 g/mol. The molecule has 0 radical (unpaired) electrons. The Balaban J connectivity index is 1.34. The van der Waals surface area contributed by atoms with E-state index in [0.29, 0.717) is 12.6 Å². The van der Waals surface area contributed by atoms with Crippen molar-refractivity contribution in [3.63, 3.8) is 0 Å². The maximum Gasteiger partial charge on any atom is 0.191 e. The average Bonchev–Trinajstić information content (AvgIpc) is 2.78. The Labute approximate surface area is 172 Å². The minimum atomic E-state index is -0.201. The van der Waals surface area contributed by atoms with Gasteiger partial charge in [0.15, 0.2) is 5.96 Å². The molecule has 1 aromatic carbocycles. The molecule has 5 rings (SSSR count). The highest BCUT2D eigenvalue weighted by Crippen LogP contribution is 2.21. The molecule has 160 valence electrons. The second-order valence-corrected chi connectivity index (χ2v) is 8.04. The second kappa shape index (κ2) is 9.84. The van der Waals surface area contributed by atoms with Gasteiger partial charge in [-0.25, -0.2) is 4.39 Å². The third-order valence-corrected chi connectivity index (χ3v) is 6.33. The number of halogens is 1. The van der Waals surface area contributed by atoms with E-state index in [4.69, 9.17) is 4.74 Å². The van der Waals surface area contributed by atoms with E-state index >= 15 is 0 Å². The lowest BCUT2D eigenvalue weighted by Gasteiger charge is -2.47. The van der Waals surface area contributed by atoms with Crippen molar-refractivity contribution in [3.05, 3.63) is 35.6 Å². The smallest absolute Gasteiger partial charge is 0.191 e. The summed E-state index contributed by atoms with van der Waals surface area (Å²) in [6.45, 7) is 10.7. The summed E-state index contributed by atoms with van der Waals surface area (Å²) >= 11 is 0. The molecule has 1 aromatic rings. The Morgan fingerprint density at radius 2 is 1.83 bits per heavy atom. The number of nitrogens with zero attached hydrogens (tertiary/aromatic N) is 4. The Kier molecular flexibility index (Phi) is 6.97. The van der Waals surface area contributed by atoms with Crippen LogP contribution >= 0.6 is 0 Å². The fraction of sp³-hybridized carbons (Fsp3) is 0.667. The van der Waals surface area contributed by atoms with Crippen molar-refractivity contribution in [2.75, 3.05) is 79.2 Å². The molecule has 7 nitrogen and oxygen atoms in total. The summed E-state index contributed by atoms with van der Waals surface area (Å²) in [5.74, 6) is 0.621. The molecule has 2 N–H and O–H groups in total. The first kappa shape index (κ1) is 20.5. The van der Waals surface area contributed by atoms with Crippen molar-refractivity contribution in [2.45, 2.75) is 12.1 Å². The van der Waals surface area contributed by atoms with Gasteiger partial charge in [-0.3, -0.25) is 19.7 Å². The molecule has 4 saturated heterocycles. The van der Waals surface area contributed by atoms with E-state index in [9.17, 15) is 4.39 Å². The zero-order chi connectivity index (χ0) is 20.1. The fourth-order valence-corrected chi connectivity index (χ4v) is 4.58. The highest BCUT2D eigenvalue weighted by Gasteiger charge is 2.31. The molecule has 29 heavy (non-hydrogen) atoms. The van der Waals surface area contributed by atoms with E-state index in [1.165, 1.54) is 38.3 Å². The first-order chi connectivity index (χ1) is 14.2. The number of guanidine groups is 1. The predicted molar refractivity (Wildman–Crippen MR) is 113 cm³/mol. The van der Waals surface area contributed by atoms with Crippen LogP contribution in [-0.4, -0.2) is 106 Å². The number of piperazine rings is 3. The number of benzene rings is 1. The van der Waals surface area contributed by atoms with E-state index in [0.717, 1.165) is 50.9 Å². The topological polar surface area (TPSA) is 55.4 Å². The van der Waals surface area contributed by atoms with Crippen LogP contribution in [-0.2, 0) is 4.74 Å². The minimum Gasteiger partial charge on any atom is -0.379 e. The van der Waals surface area contributed by atoms with Crippen molar-refractivity contribution in [1.82, 2.24) is 25.3 Å². The van der Waals surface area contributed by atoms with Crippen LogP contribution in [0.5, 0.6) is 0 Å². The van der Waals surface area contributed by atoms with Crippen LogP contribution in [0.1, 0.15) is 11.6 Å². The van der Waals surface area contributed by atoms with Gasteiger partial charge in [-0.1, -0.05) is 12.1 Å². The van der Waals surface area contributed by atoms with Crippen LogP contribution in [0.15, 0.2) is 29.3 Å². The number of aliphatic imine (C=N–C) groups is 1. The van der Waals surface area contributed by atoms with Crippen LogP contribution < -0.4 is 10.6 Å². The van der Waals surface area contributed by atoms with Gasteiger partial charge >= 0.3 is 0 Å². The molecular weight excluding hydrogens is 371 g/mol. The van der Waals surface area contributed by atoms with Gasteiger partial charge in [0.1, 0.15) is 5.82 Å². The lowest BCUT2D eigenvalue weighted by molar-refractivity contribution is 0.0149. The van der Waals surface area contributed by atoms with Crippen molar-refractivity contribution in [2.24, 2.45) is 4.99 Å². The molecule has 4 fully saturated rings. The normalized spacial score (nSPS) is 28.9. The summed E-state index contributed by atoms with van der Waals surface area (Å²) in [4.78, 5) is 11.9. The first-order valence-corrected chi connectivity index (χ1v) is 10.7. The molecule has 0 aliphatic carbocycles. The summed E-state index contributed by atoms with van der Waals surface area (Å²) in [5.41, 5.74) is 1.11. The quantitative estimate of drug-likeness (QED) is 0.528. The van der Waals surface area contributed by atoms with Crippen LogP contribution in [0.2, 0.25) is 0 Å². The molecule has 0 amide bonds. The largest absolute Gasteiger partial charge is 0.379 e. The van der Waals surface area contributed by atoms with Gasteiger partial charge in [0, 0.05) is 72.0 Å². The van der Waals surface area contributed by atoms with Crippen molar-refractivity contribution < 1.29 is 9.13 Å². The molecule has 0 saturated carbocycles. The summed E-state index contributed by atoms with van der Waals surface area (Å²) in [6, 6.07) is 7.54. The van der Waals surface area contributed by atoms with Gasteiger partial charge in [0.2, 0.25) is 0 Å². The van der Waals surface area contributed by atoms with Gasteiger partial charge in [0.25, 0.3) is 0 Å². The molecule has 2 atom stereocenters. The van der Waals surface area contributed by atoms with Gasteiger partial charge in [-0.05, 0) is 17.7 Å². The first-order valence-electron chi connectivity index (χ1n) is 10.7. The van der Waals surface area contributed by atoms with E-state index in [1.54, 1.807) is 0 Å². The monoisotopic (exact) mass is 404 g/mol. The molecule has 4 aliphatic rings. The number of hydrogen-bond donors (Lipinski definition) is 2. The van der Waals surface area contributed by atoms with Crippen molar-refractivity contribution in [3.8, 4) is 0 Å². The minimum absolute atomic E-state index is 0.151. The summed E-state index contributed by atoms with van der Waals surface area (Å²) in [7, 11) is 1.81. The van der Waals surface area contributed by atoms with Crippen molar-refractivity contribution >= 4 is 5.96 Å². The van der Waals surface area contributed by atoms with E-state index in [2.05, 4.69) is 30.3 Å². The molecule has 8 heteroatoms. The number of morpholine rings is 1. The van der Waals surface area contributed by atoms with Crippen LogP contribution in [0.4, 0.5) is 4.39 Å². The molecule has 0 spiro atoms. The zero-order valence-corrected chi connectivity index (χ0v) is 17.3. The molecule has 4 aliphatic heterocycles. The van der Waals surface area contributed by atoms with Crippen LogP contribution in [0.25, 0.3) is 0 Å². The molecule has 0 aromatic heterocycles. The Bertz CT molecular complexity index is 670. The summed E-state index contributed by atoms with van der Waals surface area (Å²) in [5, 5.41) is 7.00. The Morgan fingerprint density at radius 3 is 2.45 bits per heavy atom. The Morgan fingerprint density at radius 1 is 1.10 bits per heavy atom. The van der Waals surface area contributed by atoms with Crippen molar-refractivity contribution in [1.29, 1.82) is 0 Å². The van der Waals surface area contributed by atoms with Crippen LogP contribution in [0.3, 0.4) is 0 Å². The number of hydrogen-bond acceptors (Lipinski definition) is 5. The highest BCUT2D eigenvalue weighted by atomic mass is 19.1. The SMILES string of the molecule is CN=C(NCC1CN2CCN1CC2)NCC(c1ccc(F)cc1)N1CCOCC1. The standard InChI is InChI=1S/C21H33FN6O/c1-23-21(24-14-19-16-26-6-8-27(19)9-7-26)25-15-20(28-10-12-29-13-11-28)17-2-4-18(22)5-3-17/h2-5,19-20H,6-16H2,1H3,(H2,23,24,25). The third-order valence-electron chi connectivity index (χ3n) is 6.33. The number of fused-ring (bicyclic) bond motifs is 3. The number of nitrogens with one attached hydrogen (secondary N) is 2.